The fourth-order valence-electron chi connectivity index (χ4n) is 2.54. The molecular formula is C18H35N5O2. The average Bonchev–Trinajstić information content (AvgIpc) is 2.56. The van der Waals surface area contributed by atoms with E-state index in [9.17, 15) is 9.59 Å². The maximum absolute atomic E-state index is 12.1. The molecule has 2 N–H and O–H groups in total. The summed E-state index contributed by atoms with van der Waals surface area (Å²) in [6, 6.07) is 0.268. The summed E-state index contributed by atoms with van der Waals surface area (Å²) in [7, 11) is 3.46. The summed E-state index contributed by atoms with van der Waals surface area (Å²) in [5.74, 6) is 1.41. The molecule has 0 aromatic carbocycles. The number of piperidine rings is 1. The molecule has 0 bridgehead atoms. The van der Waals surface area contributed by atoms with Gasteiger partial charge in [-0.2, -0.15) is 0 Å². The Kier molecular flexibility index (Phi) is 8.72. The second-order valence-corrected chi connectivity index (χ2v) is 7.63. The number of hydrogen-bond acceptors (Lipinski definition) is 3. The summed E-state index contributed by atoms with van der Waals surface area (Å²) in [6.45, 7) is 10.6. The molecule has 25 heavy (non-hydrogen) atoms. The Hall–Kier alpha value is -1.79. The van der Waals surface area contributed by atoms with E-state index >= 15 is 0 Å². The number of carbonyl (C=O) groups excluding carboxylic acids is 2. The topological polar surface area (TPSA) is 77.0 Å². The number of hydrogen-bond donors (Lipinski definition) is 2. The lowest BCUT2D eigenvalue weighted by Crippen LogP contribution is -2.51. The number of carbonyl (C=O) groups is 2. The van der Waals surface area contributed by atoms with Crippen LogP contribution in [0.1, 0.15) is 40.5 Å². The van der Waals surface area contributed by atoms with Crippen LogP contribution < -0.4 is 10.6 Å². The minimum atomic E-state index is -0.0250. The van der Waals surface area contributed by atoms with Gasteiger partial charge in [0.05, 0.1) is 0 Å². The zero-order valence-corrected chi connectivity index (χ0v) is 16.6. The molecule has 0 unspecified atom stereocenters. The van der Waals surface area contributed by atoms with Gasteiger partial charge in [-0.25, -0.2) is 4.99 Å². The normalized spacial score (nSPS) is 16.3. The zero-order chi connectivity index (χ0) is 19.0. The lowest BCUT2D eigenvalue weighted by atomic mass is 10.0. The van der Waals surface area contributed by atoms with E-state index in [1.165, 1.54) is 0 Å². The maximum atomic E-state index is 12.1. The fourth-order valence-corrected chi connectivity index (χ4v) is 2.54. The standard InChI is InChI=1S/C18H35N5O2/c1-13(2)11-19-18(20-12-16(24)22(5)6)21-15-7-9-23(10-8-15)17(25)14(3)4/h13-15H,7-12H2,1-6H3,(H2,19,20,21). The summed E-state index contributed by atoms with van der Waals surface area (Å²) >= 11 is 0. The Morgan fingerprint density at radius 3 is 2.24 bits per heavy atom. The molecule has 0 aliphatic carbocycles. The van der Waals surface area contributed by atoms with Crippen LogP contribution in [0.3, 0.4) is 0 Å². The van der Waals surface area contributed by atoms with Crippen LogP contribution in [-0.4, -0.2) is 73.9 Å². The second-order valence-electron chi connectivity index (χ2n) is 7.63. The highest BCUT2D eigenvalue weighted by atomic mass is 16.2. The lowest BCUT2D eigenvalue weighted by molar-refractivity contribution is -0.135. The van der Waals surface area contributed by atoms with E-state index < -0.39 is 0 Å². The van der Waals surface area contributed by atoms with Crippen molar-refractivity contribution in [2.75, 3.05) is 40.3 Å². The first-order valence-corrected chi connectivity index (χ1v) is 9.24. The van der Waals surface area contributed by atoms with Crippen LogP contribution in [0.15, 0.2) is 4.99 Å². The van der Waals surface area contributed by atoms with Crippen molar-refractivity contribution in [1.82, 2.24) is 20.4 Å². The van der Waals surface area contributed by atoms with E-state index in [4.69, 9.17) is 0 Å². The average molecular weight is 354 g/mol. The number of guanidine groups is 1. The second kappa shape index (κ2) is 10.3. The van der Waals surface area contributed by atoms with Gasteiger partial charge in [0, 0.05) is 45.7 Å². The minimum absolute atomic E-state index is 0.0250. The molecule has 2 amide bonds. The summed E-state index contributed by atoms with van der Waals surface area (Å²) in [5, 5.41) is 6.73. The van der Waals surface area contributed by atoms with E-state index in [1.54, 1.807) is 19.0 Å². The van der Waals surface area contributed by atoms with Crippen LogP contribution >= 0.6 is 0 Å². The molecule has 0 radical (unpaired) electrons. The molecule has 7 nitrogen and oxygen atoms in total. The molecule has 1 saturated heterocycles. The van der Waals surface area contributed by atoms with Crippen LogP contribution in [0.25, 0.3) is 0 Å². The van der Waals surface area contributed by atoms with E-state index in [2.05, 4.69) is 29.5 Å². The summed E-state index contributed by atoms with van der Waals surface area (Å²) in [5.41, 5.74) is 0. The lowest BCUT2D eigenvalue weighted by Gasteiger charge is -2.34. The Labute approximate surface area is 152 Å². The quantitative estimate of drug-likeness (QED) is 0.550. The van der Waals surface area contributed by atoms with Crippen molar-refractivity contribution in [2.24, 2.45) is 16.8 Å². The number of nitrogens with zero attached hydrogens (tertiary/aromatic N) is 3. The van der Waals surface area contributed by atoms with Crippen molar-refractivity contribution in [3.63, 3.8) is 0 Å². The van der Waals surface area contributed by atoms with Gasteiger partial charge in [-0.05, 0) is 18.8 Å². The molecule has 7 heteroatoms. The van der Waals surface area contributed by atoms with Crippen molar-refractivity contribution >= 4 is 17.8 Å². The fraction of sp³-hybridized carbons (Fsp3) is 0.833. The first kappa shape index (κ1) is 21.3. The van der Waals surface area contributed by atoms with Crippen LogP contribution in [0, 0.1) is 11.8 Å². The maximum Gasteiger partial charge on any atom is 0.243 e. The third-order valence-electron chi connectivity index (χ3n) is 4.19. The van der Waals surface area contributed by atoms with Crippen LogP contribution in [-0.2, 0) is 9.59 Å². The molecule has 1 fully saturated rings. The van der Waals surface area contributed by atoms with Gasteiger partial charge in [-0.3, -0.25) is 9.59 Å². The van der Waals surface area contributed by atoms with E-state index in [1.807, 2.05) is 18.7 Å². The summed E-state index contributed by atoms with van der Waals surface area (Å²) in [4.78, 5) is 31.7. The summed E-state index contributed by atoms with van der Waals surface area (Å²) < 4.78 is 0. The molecule has 0 spiro atoms. The zero-order valence-electron chi connectivity index (χ0n) is 16.6. The monoisotopic (exact) mass is 353 g/mol. The van der Waals surface area contributed by atoms with Crippen molar-refractivity contribution in [2.45, 2.75) is 46.6 Å². The van der Waals surface area contributed by atoms with Crippen molar-refractivity contribution in [1.29, 1.82) is 0 Å². The van der Waals surface area contributed by atoms with Gasteiger partial charge in [0.2, 0.25) is 11.8 Å². The highest BCUT2D eigenvalue weighted by molar-refractivity contribution is 5.85. The van der Waals surface area contributed by atoms with Crippen LogP contribution in [0.2, 0.25) is 0 Å². The van der Waals surface area contributed by atoms with E-state index in [0.717, 1.165) is 32.5 Å². The number of rotatable bonds is 6. The van der Waals surface area contributed by atoms with Gasteiger partial charge in [0.25, 0.3) is 0 Å². The van der Waals surface area contributed by atoms with E-state index in [0.29, 0.717) is 11.9 Å². The highest BCUT2D eigenvalue weighted by Crippen LogP contribution is 2.13. The molecule has 1 aliphatic rings. The Morgan fingerprint density at radius 1 is 1.16 bits per heavy atom. The number of nitrogens with one attached hydrogen (secondary N) is 2. The number of likely N-dealkylation sites (N-methyl/N-ethyl adjacent to an activating group) is 1. The summed E-state index contributed by atoms with van der Waals surface area (Å²) in [6.07, 6.45) is 1.78. The Morgan fingerprint density at radius 2 is 1.76 bits per heavy atom. The largest absolute Gasteiger partial charge is 0.356 e. The third-order valence-corrected chi connectivity index (χ3v) is 4.19. The number of likely N-dealkylation sites (tertiary alicyclic amines) is 1. The predicted octanol–water partition coefficient (Wildman–Crippen LogP) is 0.913. The molecule has 1 heterocycles. The Bertz CT molecular complexity index is 466. The number of aliphatic imine (C=N–C) groups is 1. The first-order chi connectivity index (χ1) is 11.7. The van der Waals surface area contributed by atoms with E-state index in [-0.39, 0.29) is 30.3 Å². The van der Waals surface area contributed by atoms with Gasteiger partial charge in [0.15, 0.2) is 5.96 Å². The molecular weight excluding hydrogens is 318 g/mol. The van der Waals surface area contributed by atoms with Crippen molar-refractivity contribution in [3.8, 4) is 0 Å². The predicted molar refractivity (Wildman–Crippen MR) is 101 cm³/mol. The molecule has 0 saturated carbocycles. The minimum Gasteiger partial charge on any atom is -0.356 e. The highest BCUT2D eigenvalue weighted by Gasteiger charge is 2.24. The molecule has 0 aromatic rings. The van der Waals surface area contributed by atoms with Gasteiger partial charge in [-0.1, -0.05) is 27.7 Å². The third kappa shape index (κ3) is 7.75. The van der Waals surface area contributed by atoms with Gasteiger partial charge >= 0.3 is 0 Å². The molecule has 0 atom stereocenters. The van der Waals surface area contributed by atoms with Crippen molar-refractivity contribution < 1.29 is 9.59 Å². The molecule has 144 valence electrons. The van der Waals surface area contributed by atoms with Gasteiger partial charge < -0.3 is 20.4 Å². The van der Waals surface area contributed by atoms with Gasteiger partial charge in [0.1, 0.15) is 6.54 Å². The Balaban J connectivity index is 2.58. The van der Waals surface area contributed by atoms with Crippen LogP contribution in [0.5, 0.6) is 0 Å². The first-order valence-electron chi connectivity index (χ1n) is 9.24. The molecule has 1 rings (SSSR count). The smallest absolute Gasteiger partial charge is 0.243 e. The van der Waals surface area contributed by atoms with Crippen LogP contribution in [0.4, 0.5) is 0 Å². The van der Waals surface area contributed by atoms with Crippen molar-refractivity contribution in [3.05, 3.63) is 0 Å². The molecule has 1 aliphatic heterocycles. The van der Waals surface area contributed by atoms with Gasteiger partial charge in [-0.15, -0.1) is 0 Å². The SMILES string of the molecule is CC(C)CNC(=NCC(=O)N(C)C)NC1CCN(C(=O)C(C)C)CC1. The number of amides is 2. The molecule has 0 aromatic heterocycles.